The van der Waals surface area contributed by atoms with Crippen LogP contribution in [0.4, 0.5) is 5.69 Å². The van der Waals surface area contributed by atoms with Gasteiger partial charge in [0.15, 0.2) is 0 Å². The average Bonchev–Trinajstić information content (AvgIpc) is 2.65. The first kappa shape index (κ1) is 20.0. The number of anilines is 1. The Bertz CT molecular complexity index is 707. The van der Waals surface area contributed by atoms with Crippen LogP contribution in [0.3, 0.4) is 0 Å². The molecule has 0 aliphatic rings. The number of thioether (sulfide) groups is 1. The highest BCUT2D eigenvalue weighted by Crippen LogP contribution is 2.19. The second-order valence-corrected chi connectivity index (χ2v) is 7.14. The van der Waals surface area contributed by atoms with E-state index in [1.54, 1.807) is 18.0 Å². The van der Waals surface area contributed by atoms with Crippen LogP contribution in [0.5, 0.6) is 0 Å². The van der Waals surface area contributed by atoms with E-state index in [1.807, 2.05) is 12.1 Å². The van der Waals surface area contributed by atoms with Gasteiger partial charge in [-0.3, -0.25) is 4.79 Å². The summed E-state index contributed by atoms with van der Waals surface area (Å²) in [5, 5.41) is 4.05. The normalized spacial score (nSPS) is 10.9. The van der Waals surface area contributed by atoms with E-state index in [9.17, 15) is 4.79 Å². The lowest BCUT2D eigenvalue weighted by Gasteiger charge is -2.20. The smallest absolute Gasteiger partial charge is 0.240 e. The zero-order chi connectivity index (χ0) is 18.8. The van der Waals surface area contributed by atoms with E-state index in [0.717, 1.165) is 24.4 Å². The van der Waals surface area contributed by atoms with E-state index in [2.05, 4.69) is 72.6 Å². The van der Waals surface area contributed by atoms with E-state index in [1.165, 1.54) is 16.1 Å². The third-order valence-corrected chi connectivity index (χ3v) is 5.06. The van der Waals surface area contributed by atoms with Gasteiger partial charge in [0.1, 0.15) is 0 Å². The molecular weight excluding hydrogens is 342 g/mol. The number of hydrogen-bond acceptors (Lipinski definition) is 4. The molecule has 1 N–H and O–H groups in total. The van der Waals surface area contributed by atoms with Crippen molar-refractivity contribution in [2.75, 3.05) is 23.7 Å². The van der Waals surface area contributed by atoms with Crippen molar-refractivity contribution < 1.29 is 4.79 Å². The van der Waals surface area contributed by atoms with Crippen molar-refractivity contribution in [2.45, 2.75) is 32.1 Å². The van der Waals surface area contributed by atoms with Crippen molar-refractivity contribution in [3.63, 3.8) is 0 Å². The number of hydrogen-bond donors (Lipinski definition) is 1. The largest absolute Gasteiger partial charge is 0.372 e. The number of nitrogens with zero attached hydrogens (tertiary/aromatic N) is 2. The molecule has 2 rings (SSSR count). The first-order valence-corrected chi connectivity index (χ1v) is 9.97. The van der Waals surface area contributed by atoms with Crippen LogP contribution in [0, 0.1) is 6.92 Å². The number of carbonyl (C=O) groups excluding carboxylic acids is 1. The van der Waals surface area contributed by atoms with E-state index < -0.39 is 0 Å². The Morgan fingerprint density at radius 2 is 1.73 bits per heavy atom. The Labute approximate surface area is 160 Å². The van der Waals surface area contributed by atoms with E-state index in [4.69, 9.17) is 0 Å². The number of rotatable bonds is 9. The summed E-state index contributed by atoms with van der Waals surface area (Å²) in [7, 11) is 0. The first-order chi connectivity index (χ1) is 12.6. The number of nitrogens with one attached hydrogen (secondary N) is 1. The molecule has 2 aromatic carbocycles. The highest BCUT2D eigenvalue weighted by Gasteiger charge is 2.02. The van der Waals surface area contributed by atoms with Crippen LogP contribution in [-0.2, 0) is 4.79 Å². The molecule has 0 bridgehead atoms. The van der Waals surface area contributed by atoms with Crippen LogP contribution in [0.2, 0.25) is 0 Å². The van der Waals surface area contributed by atoms with Crippen molar-refractivity contribution in [3.8, 4) is 0 Å². The van der Waals surface area contributed by atoms with Crippen LogP contribution in [0.25, 0.3) is 0 Å². The molecule has 1 amide bonds. The maximum absolute atomic E-state index is 11.9. The fourth-order valence-corrected chi connectivity index (χ4v) is 3.34. The number of benzene rings is 2. The van der Waals surface area contributed by atoms with Crippen LogP contribution in [0.15, 0.2) is 58.5 Å². The van der Waals surface area contributed by atoms with Crippen molar-refractivity contribution in [1.29, 1.82) is 0 Å². The van der Waals surface area contributed by atoms with Gasteiger partial charge in [0.25, 0.3) is 0 Å². The molecule has 2 aromatic rings. The van der Waals surface area contributed by atoms with E-state index in [-0.39, 0.29) is 5.91 Å². The monoisotopic (exact) mass is 369 g/mol. The summed E-state index contributed by atoms with van der Waals surface area (Å²) >= 11 is 1.68. The summed E-state index contributed by atoms with van der Waals surface area (Å²) in [5.74, 6) is 0.670. The maximum atomic E-state index is 11.9. The highest BCUT2D eigenvalue weighted by molar-refractivity contribution is 7.99. The highest BCUT2D eigenvalue weighted by atomic mass is 32.2. The molecule has 0 spiro atoms. The van der Waals surface area contributed by atoms with Crippen LogP contribution in [-0.4, -0.2) is 31.0 Å². The lowest BCUT2D eigenvalue weighted by atomic mass is 10.2. The molecule has 4 nitrogen and oxygen atoms in total. The molecule has 0 radical (unpaired) electrons. The minimum absolute atomic E-state index is 0.0689. The average molecular weight is 370 g/mol. The summed E-state index contributed by atoms with van der Waals surface area (Å²) < 4.78 is 0. The molecule has 5 heteroatoms. The predicted molar refractivity (Wildman–Crippen MR) is 112 cm³/mol. The summed E-state index contributed by atoms with van der Waals surface area (Å²) in [6.07, 6.45) is 2.12. The Morgan fingerprint density at radius 3 is 2.35 bits per heavy atom. The Balaban J connectivity index is 1.73. The van der Waals surface area contributed by atoms with Crippen molar-refractivity contribution in [1.82, 2.24) is 5.43 Å². The van der Waals surface area contributed by atoms with Gasteiger partial charge < -0.3 is 4.90 Å². The molecular formula is C21H27N3OS. The SMILES string of the molecule is CCN(CC)c1ccc(/C=N\NC(=O)CCSc2ccc(C)cc2)cc1. The standard InChI is InChI=1S/C21H27N3OS/c1-4-24(5-2)19-10-8-18(9-11-19)16-22-23-21(25)14-15-26-20-12-6-17(3)7-13-20/h6-13,16H,4-5,14-15H2,1-3H3,(H,23,25)/b22-16-. The van der Waals surface area contributed by atoms with Gasteiger partial charge in [-0.2, -0.15) is 5.10 Å². The third kappa shape index (κ3) is 6.56. The van der Waals surface area contributed by atoms with Crippen LogP contribution < -0.4 is 10.3 Å². The van der Waals surface area contributed by atoms with Gasteiger partial charge in [-0.1, -0.05) is 29.8 Å². The molecule has 138 valence electrons. The summed E-state index contributed by atoms with van der Waals surface area (Å²) in [6.45, 7) is 8.33. The van der Waals surface area contributed by atoms with Crippen LogP contribution >= 0.6 is 11.8 Å². The fraction of sp³-hybridized carbons (Fsp3) is 0.333. The zero-order valence-electron chi connectivity index (χ0n) is 15.7. The van der Waals surface area contributed by atoms with Gasteiger partial charge in [-0.05, 0) is 50.6 Å². The molecule has 0 atom stereocenters. The molecule has 26 heavy (non-hydrogen) atoms. The molecule has 0 saturated carbocycles. The molecule has 0 heterocycles. The van der Waals surface area contributed by atoms with Gasteiger partial charge in [-0.25, -0.2) is 5.43 Å². The summed E-state index contributed by atoms with van der Waals surface area (Å²) in [5.41, 5.74) is 6.00. The first-order valence-electron chi connectivity index (χ1n) is 8.98. The number of hydrazone groups is 1. The predicted octanol–water partition coefficient (Wildman–Crippen LogP) is 4.47. The fourth-order valence-electron chi connectivity index (χ4n) is 2.49. The van der Waals surface area contributed by atoms with E-state index in [0.29, 0.717) is 6.42 Å². The molecule has 0 aromatic heterocycles. The number of aryl methyl sites for hydroxylation is 1. The van der Waals surface area contributed by atoms with Crippen molar-refractivity contribution in [3.05, 3.63) is 59.7 Å². The second kappa shape index (κ2) is 10.7. The lowest BCUT2D eigenvalue weighted by molar-refractivity contribution is -0.120. The number of amides is 1. The van der Waals surface area contributed by atoms with Gasteiger partial charge >= 0.3 is 0 Å². The Kier molecular flexibility index (Phi) is 8.22. The Hall–Kier alpha value is -2.27. The zero-order valence-corrected chi connectivity index (χ0v) is 16.6. The van der Waals surface area contributed by atoms with Gasteiger partial charge in [0.05, 0.1) is 6.21 Å². The molecule has 0 fully saturated rings. The quantitative estimate of drug-likeness (QED) is 0.403. The summed E-state index contributed by atoms with van der Waals surface area (Å²) in [4.78, 5) is 15.3. The van der Waals surface area contributed by atoms with Gasteiger partial charge in [0, 0.05) is 35.8 Å². The molecule has 0 aliphatic heterocycles. The lowest BCUT2D eigenvalue weighted by Crippen LogP contribution is -2.21. The topological polar surface area (TPSA) is 44.7 Å². The minimum atomic E-state index is -0.0689. The van der Waals surface area contributed by atoms with Crippen molar-refractivity contribution >= 4 is 29.6 Å². The molecule has 0 unspecified atom stereocenters. The van der Waals surface area contributed by atoms with E-state index >= 15 is 0 Å². The third-order valence-electron chi connectivity index (χ3n) is 4.04. The Morgan fingerprint density at radius 1 is 1.08 bits per heavy atom. The maximum Gasteiger partial charge on any atom is 0.240 e. The second-order valence-electron chi connectivity index (χ2n) is 5.97. The minimum Gasteiger partial charge on any atom is -0.372 e. The van der Waals surface area contributed by atoms with Crippen molar-refractivity contribution in [2.24, 2.45) is 5.10 Å². The van der Waals surface area contributed by atoms with Gasteiger partial charge in [-0.15, -0.1) is 11.8 Å². The molecule has 0 saturated heterocycles. The van der Waals surface area contributed by atoms with Gasteiger partial charge in [0.2, 0.25) is 5.91 Å². The number of carbonyl (C=O) groups is 1. The summed E-state index contributed by atoms with van der Waals surface area (Å²) in [6, 6.07) is 16.5. The van der Waals surface area contributed by atoms with Crippen LogP contribution in [0.1, 0.15) is 31.4 Å². The molecule has 0 aliphatic carbocycles.